The van der Waals surface area contributed by atoms with Crippen LogP contribution in [0.2, 0.25) is 0 Å². The van der Waals surface area contributed by atoms with E-state index in [1.165, 1.54) is 10.2 Å². The molecule has 0 radical (unpaired) electrons. The molecule has 0 aliphatic heterocycles. The van der Waals surface area contributed by atoms with Gasteiger partial charge in [-0.2, -0.15) is 0 Å². The molecule has 0 amide bonds. The number of nitrogens with one attached hydrogen (secondary N) is 1. The van der Waals surface area contributed by atoms with E-state index in [0.29, 0.717) is 12.5 Å². The number of rotatable bonds is 6. The fourth-order valence-corrected chi connectivity index (χ4v) is 5.07. The molecule has 0 saturated heterocycles. The Balaban J connectivity index is 2.00. The molecule has 5 nitrogen and oxygen atoms in total. The molecule has 3 aromatic rings. The van der Waals surface area contributed by atoms with Crippen molar-refractivity contribution in [3.63, 3.8) is 0 Å². The first kappa shape index (κ1) is 18.9. The third-order valence-electron chi connectivity index (χ3n) is 5.29. The van der Waals surface area contributed by atoms with E-state index >= 15 is 0 Å². The molecule has 2 aromatic heterocycles. The third kappa shape index (κ3) is 3.27. The van der Waals surface area contributed by atoms with Crippen molar-refractivity contribution in [3.8, 4) is 11.3 Å². The molecular formula is C22H25N3O2S. The molecule has 2 heterocycles. The summed E-state index contributed by atoms with van der Waals surface area (Å²) in [4.78, 5) is 4.41. The largest absolute Gasteiger partial charge is 0.316 e. The topological polar surface area (TPSA) is 64.0 Å². The van der Waals surface area contributed by atoms with Crippen molar-refractivity contribution < 1.29 is 8.42 Å². The lowest BCUT2D eigenvalue weighted by Crippen LogP contribution is -2.14. The van der Waals surface area contributed by atoms with Gasteiger partial charge in [0, 0.05) is 30.2 Å². The summed E-state index contributed by atoms with van der Waals surface area (Å²) in [5, 5.41) is 3.19. The zero-order valence-corrected chi connectivity index (χ0v) is 17.3. The van der Waals surface area contributed by atoms with Crippen molar-refractivity contribution in [1.82, 2.24) is 14.3 Å². The Morgan fingerprint density at radius 3 is 2.50 bits per heavy atom. The van der Waals surface area contributed by atoms with Crippen LogP contribution in [0.3, 0.4) is 0 Å². The van der Waals surface area contributed by atoms with Gasteiger partial charge in [-0.3, -0.25) is 4.98 Å². The normalized spacial score (nSPS) is 14.4. The molecule has 6 heteroatoms. The van der Waals surface area contributed by atoms with Crippen LogP contribution in [0, 0.1) is 13.8 Å². The summed E-state index contributed by atoms with van der Waals surface area (Å²) >= 11 is 0. The smallest absolute Gasteiger partial charge is 0.269 e. The van der Waals surface area contributed by atoms with Crippen molar-refractivity contribution in [1.29, 1.82) is 0 Å². The highest BCUT2D eigenvalue weighted by Gasteiger charge is 2.35. The second-order valence-corrected chi connectivity index (χ2v) is 9.29. The number of aromatic nitrogens is 2. The van der Waals surface area contributed by atoms with Gasteiger partial charge in [-0.15, -0.1) is 0 Å². The van der Waals surface area contributed by atoms with Gasteiger partial charge in [-0.1, -0.05) is 24.3 Å². The second-order valence-electron chi connectivity index (χ2n) is 7.47. The SMILES string of the molecule is CNCc1cn(S(=O)(=O)c2ccc(C)nc2)c(-c2ccccc2C)c1C1CC1. The Bertz CT molecular complexity index is 1110. The van der Waals surface area contributed by atoms with Crippen LogP contribution in [0.25, 0.3) is 11.3 Å². The molecule has 1 aromatic carbocycles. The zero-order valence-electron chi connectivity index (χ0n) is 16.4. The highest BCUT2D eigenvalue weighted by Crippen LogP contribution is 2.48. The monoisotopic (exact) mass is 395 g/mol. The van der Waals surface area contributed by atoms with Crippen LogP contribution in [0.15, 0.2) is 53.7 Å². The molecule has 0 spiro atoms. The van der Waals surface area contributed by atoms with Gasteiger partial charge in [0.15, 0.2) is 0 Å². The van der Waals surface area contributed by atoms with Crippen LogP contribution in [-0.2, 0) is 16.6 Å². The summed E-state index contributed by atoms with van der Waals surface area (Å²) in [6, 6.07) is 11.4. The maximum Gasteiger partial charge on any atom is 0.269 e. The molecule has 1 N–H and O–H groups in total. The van der Waals surface area contributed by atoms with E-state index in [0.717, 1.165) is 46.5 Å². The minimum atomic E-state index is -3.75. The van der Waals surface area contributed by atoms with Gasteiger partial charge < -0.3 is 5.32 Å². The second kappa shape index (κ2) is 7.18. The first-order valence-corrected chi connectivity index (χ1v) is 11.0. The summed E-state index contributed by atoms with van der Waals surface area (Å²) < 4.78 is 28.6. The van der Waals surface area contributed by atoms with Crippen molar-refractivity contribution in [2.24, 2.45) is 0 Å². The average Bonchev–Trinajstić information content (AvgIpc) is 3.44. The van der Waals surface area contributed by atoms with Gasteiger partial charge in [0.2, 0.25) is 0 Å². The van der Waals surface area contributed by atoms with Crippen molar-refractivity contribution in [2.45, 2.75) is 44.0 Å². The van der Waals surface area contributed by atoms with Crippen LogP contribution in [0.5, 0.6) is 0 Å². The highest BCUT2D eigenvalue weighted by atomic mass is 32.2. The lowest BCUT2D eigenvalue weighted by molar-refractivity contribution is 0.587. The van der Waals surface area contributed by atoms with Crippen LogP contribution in [0.1, 0.15) is 41.1 Å². The Labute approximate surface area is 166 Å². The fourth-order valence-electron chi connectivity index (χ4n) is 3.72. The first-order chi connectivity index (χ1) is 13.4. The Morgan fingerprint density at radius 2 is 1.89 bits per heavy atom. The van der Waals surface area contributed by atoms with Gasteiger partial charge in [0.1, 0.15) is 4.90 Å². The third-order valence-corrected chi connectivity index (χ3v) is 6.93. The molecule has 0 unspecified atom stereocenters. The van der Waals surface area contributed by atoms with E-state index in [9.17, 15) is 8.42 Å². The maximum atomic E-state index is 13.6. The lowest BCUT2D eigenvalue weighted by atomic mass is 9.98. The molecule has 0 bridgehead atoms. The minimum absolute atomic E-state index is 0.210. The van der Waals surface area contributed by atoms with Gasteiger partial charge in [0.25, 0.3) is 10.0 Å². The fraction of sp³-hybridized carbons (Fsp3) is 0.318. The molecule has 1 aliphatic rings. The van der Waals surface area contributed by atoms with Gasteiger partial charge >= 0.3 is 0 Å². The van der Waals surface area contributed by atoms with E-state index in [4.69, 9.17) is 0 Å². The Morgan fingerprint density at radius 1 is 1.14 bits per heavy atom. The van der Waals surface area contributed by atoms with Crippen molar-refractivity contribution in [2.75, 3.05) is 7.05 Å². The summed E-state index contributed by atoms with van der Waals surface area (Å²) in [7, 11) is -1.86. The molecule has 0 atom stereocenters. The molecule has 1 saturated carbocycles. The number of pyridine rings is 1. The summed E-state index contributed by atoms with van der Waals surface area (Å²) in [5.41, 5.74) is 5.83. The number of benzene rings is 1. The van der Waals surface area contributed by atoms with Crippen LogP contribution in [0.4, 0.5) is 0 Å². The Hall–Kier alpha value is -2.44. The standard InChI is InChI=1S/C22H25N3O2S/c1-15-6-4-5-7-20(15)22-21(17-9-10-17)18(12-23-3)14-25(22)28(26,27)19-11-8-16(2)24-13-19/h4-8,11,13-14,17,23H,9-10,12H2,1-3H3. The van der Waals surface area contributed by atoms with Crippen molar-refractivity contribution >= 4 is 10.0 Å². The minimum Gasteiger partial charge on any atom is -0.316 e. The van der Waals surface area contributed by atoms with E-state index in [1.54, 1.807) is 18.3 Å². The van der Waals surface area contributed by atoms with E-state index in [2.05, 4.69) is 10.3 Å². The zero-order chi connectivity index (χ0) is 19.9. The van der Waals surface area contributed by atoms with Gasteiger partial charge in [-0.05, 0) is 68.5 Å². The molecule has 4 rings (SSSR count). The molecule has 146 valence electrons. The number of aryl methyl sites for hydroxylation is 2. The highest BCUT2D eigenvalue weighted by molar-refractivity contribution is 7.90. The van der Waals surface area contributed by atoms with Gasteiger partial charge in [0.05, 0.1) is 5.69 Å². The summed E-state index contributed by atoms with van der Waals surface area (Å²) in [6.45, 7) is 4.52. The number of hydrogen-bond acceptors (Lipinski definition) is 4. The summed E-state index contributed by atoms with van der Waals surface area (Å²) in [6.07, 6.45) is 5.44. The molecule has 28 heavy (non-hydrogen) atoms. The quantitative estimate of drug-likeness (QED) is 0.685. The van der Waals surface area contributed by atoms with E-state index in [-0.39, 0.29) is 4.90 Å². The van der Waals surface area contributed by atoms with Crippen LogP contribution < -0.4 is 5.32 Å². The van der Waals surface area contributed by atoms with Crippen LogP contribution in [-0.4, -0.2) is 24.4 Å². The predicted molar refractivity (Wildman–Crippen MR) is 111 cm³/mol. The summed E-state index contributed by atoms with van der Waals surface area (Å²) in [5.74, 6) is 0.422. The Kier molecular flexibility index (Phi) is 4.85. The lowest BCUT2D eigenvalue weighted by Gasteiger charge is -2.14. The molecular weight excluding hydrogens is 370 g/mol. The molecule has 1 fully saturated rings. The van der Waals surface area contributed by atoms with Gasteiger partial charge in [-0.25, -0.2) is 12.4 Å². The predicted octanol–water partition coefficient (Wildman–Crippen LogP) is 4.00. The van der Waals surface area contributed by atoms with E-state index < -0.39 is 10.0 Å². The molecule has 1 aliphatic carbocycles. The first-order valence-electron chi connectivity index (χ1n) is 9.56. The number of hydrogen-bond donors (Lipinski definition) is 1. The maximum absolute atomic E-state index is 13.6. The van der Waals surface area contributed by atoms with Crippen molar-refractivity contribution in [3.05, 3.63) is 71.2 Å². The average molecular weight is 396 g/mol. The van der Waals surface area contributed by atoms with Crippen LogP contribution >= 0.6 is 0 Å². The number of nitrogens with zero attached hydrogens (tertiary/aromatic N) is 2. The van der Waals surface area contributed by atoms with E-state index in [1.807, 2.05) is 45.2 Å².